The van der Waals surface area contributed by atoms with Gasteiger partial charge in [-0.05, 0) is 50.3 Å². The molecule has 0 nitrogen and oxygen atoms in total. The molecule has 14 heavy (non-hydrogen) atoms. The molecule has 0 aliphatic carbocycles. The lowest BCUT2D eigenvalue weighted by atomic mass is 10.0. The Morgan fingerprint density at radius 2 is 2.07 bits per heavy atom. The highest BCUT2D eigenvalue weighted by atomic mass is 79.9. The minimum absolute atomic E-state index is 0.491. The van der Waals surface area contributed by atoms with E-state index in [1.807, 2.05) is 0 Å². The van der Waals surface area contributed by atoms with Crippen molar-refractivity contribution in [3.05, 3.63) is 19.2 Å². The second-order valence-electron chi connectivity index (χ2n) is 3.49. The predicted octanol–water partition coefficient (Wildman–Crippen LogP) is 6.15. The zero-order valence-electron chi connectivity index (χ0n) is 8.19. The number of alkyl halides is 1. The standard InChI is InChI=1S/C10H13Br3S/c1-3-6(2)4-7(11)9-5-8(12)10(13)14-9/h5-7H,3-4H2,1-2H3. The molecule has 0 spiro atoms. The fourth-order valence-electron chi connectivity index (χ4n) is 1.15. The zero-order chi connectivity index (χ0) is 10.7. The molecule has 0 fully saturated rings. The van der Waals surface area contributed by atoms with Crippen LogP contribution in [-0.4, -0.2) is 0 Å². The molecule has 4 heteroatoms. The lowest BCUT2D eigenvalue weighted by Gasteiger charge is -2.12. The Balaban J connectivity index is 2.64. The van der Waals surface area contributed by atoms with Crippen molar-refractivity contribution in [3.63, 3.8) is 0 Å². The average Bonchev–Trinajstić information content (AvgIpc) is 2.47. The molecule has 0 aromatic carbocycles. The summed E-state index contributed by atoms with van der Waals surface area (Å²) in [6.45, 7) is 4.54. The quantitative estimate of drug-likeness (QED) is 0.528. The van der Waals surface area contributed by atoms with Crippen LogP contribution in [-0.2, 0) is 0 Å². The summed E-state index contributed by atoms with van der Waals surface area (Å²) in [5, 5.41) is 0. The molecule has 0 radical (unpaired) electrons. The van der Waals surface area contributed by atoms with Crippen LogP contribution in [0, 0.1) is 5.92 Å². The van der Waals surface area contributed by atoms with Crippen LogP contribution in [0.3, 0.4) is 0 Å². The van der Waals surface area contributed by atoms with Crippen molar-refractivity contribution in [3.8, 4) is 0 Å². The van der Waals surface area contributed by atoms with Crippen LogP contribution in [0.15, 0.2) is 14.3 Å². The van der Waals surface area contributed by atoms with Crippen molar-refractivity contribution in [1.29, 1.82) is 0 Å². The van der Waals surface area contributed by atoms with Gasteiger partial charge in [-0.1, -0.05) is 36.2 Å². The molecule has 0 bridgehead atoms. The molecule has 1 rings (SSSR count). The van der Waals surface area contributed by atoms with Crippen molar-refractivity contribution < 1.29 is 0 Å². The van der Waals surface area contributed by atoms with Gasteiger partial charge >= 0.3 is 0 Å². The largest absolute Gasteiger partial charge is 0.131 e. The van der Waals surface area contributed by atoms with E-state index in [1.165, 1.54) is 21.5 Å². The van der Waals surface area contributed by atoms with Gasteiger partial charge in [-0.2, -0.15) is 0 Å². The minimum Gasteiger partial charge on any atom is -0.131 e. The van der Waals surface area contributed by atoms with Gasteiger partial charge in [0.05, 0.1) is 3.79 Å². The topological polar surface area (TPSA) is 0 Å². The van der Waals surface area contributed by atoms with Crippen LogP contribution >= 0.6 is 59.1 Å². The normalized spacial score (nSPS) is 15.5. The fraction of sp³-hybridized carbons (Fsp3) is 0.600. The lowest BCUT2D eigenvalue weighted by molar-refractivity contribution is 0.516. The van der Waals surface area contributed by atoms with E-state index < -0.39 is 0 Å². The lowest BCUT2D eigenvalue weighted by Crippen LogP contribution is -1.96. The van der Waals surface area contributed by atoms with E-state index in [9.17, 15) is 0 Å². The van der Waals surface area contributed by atoms with Crippen LogP contribution in [0.4, 0.5) is 0 Å². The second-order valence-corrected chi connectivity index (χ2v) is 7.85. The fourth-order valence-corrected chi connectivity index (χ4v) is 4.28. The minimum atomic E-state index is 0.491. The van der Waals surface area contributed by atoms with Crippen molar-refractivity contribution >= 4 is 59.1 Å². The highest BCUT2D eigenvalue weighted by Gasteiger charge is 2.15. The van der Waals surface area contributed by atoms with Crippen molar-refractivity contribution in [1.82, 2.24) is 0 Å². The number of thiophene rings is 1. The van der Waals surface area contributed by atoms with E-state index in [0.717, 1.165) is 10.4 Å². The van der Waals surface area contributed by atoms with Crippen LogP contribution in [0.5, 0.6) is 0 Å². The molecule has 0 amide bonds. The Kier molecular flexibility index (Phi) is 5.68. The molecular formula is C10H13Br3S. The Morgan fingerprint density at radius 3 is 2.50 bits per heavy atom. The third-order valence-corrected chi connectivity index (χ3v) is 6.82. The Hall–Kier alpha value is 1.14. The summed E-state index contributed by atoms with van der Waals surface area (Å²) >= 11 is 12.6. The van der Waals surface area contributed by atoms with E-state index in [0.29, 0.717) is 4.83 Å². The molecule has 0 saturated carbocycles. The summed E-state index contributed by atoms with van der Waals surface area (Å²) in [6, 6.07) is 2.19. The van der Waals surface area contributed by atoms with Gasteiger partial charge < -0.3 is 0 Å². The van der Waals surface area contributed by atoms with Crippen LogP contribution < -0.4 is 0 Å². The molecule has 0 aliphatic rings. The first-order chi connectivity index (χ1) is 6.54. The van der Waals surface area contributed by atoms with Gasteiger partial charge in [0, 0.05) is 14.2 Å². The number of hydrogen-bond acceptors (Lipinski definition) is 1. The summed E-state index contributed by atoms with van der Waals surface area (Å²) in [7, 11) is 0. The van der Waals surface area contributed by atoms with Crippen LogP contribution in [0.2, 0.25) is 0 Å². The molecule has 80 valence electrons. The molecule has 2 unspecified atom stereocenters. The van der Waals surface area contributed by atoms with Gasteiger partial charge in [-0.15, -0.1) is 11.3 Å². The van der Waals surface area contributed by atoms with Gasteiger partial charge in [0.2, 0.25) is 0 Å². The van der Waals surface area contributed by atoms with Crippen LogP contribution in [0.1, 0.15) is 36.4 Å². The smallest absolute Gasteiger partial charge is 0.0843 e. The molecule has 0 aliphatic heterocycles. The average molecular weight is 405 g/mol. The summed E-state index contributed by atoms with van der Waals surface area (Å²) in [5.74, 6) is 0.777. The van der Waals surface area contributed by atoms with Gasteiger partial charge in [0.15, 0.2) is 0 Å². The number of rotatable bonds is 4. The Morgan fingerprint density at radius 1 is 1.43 bits per heavy atom. The first-order valence-corrected chi connectivity index (χ1v) is 7.95. The van der Waals surface area contributed by atoms with E-state index in [4.69, 9.17) is 0 Å². The van der Waals surface area contributed by atoms with E-state index >= 15 is 0 Å². The molecule has 0 saturated heterocycles. The van der Waals surface area contributed by atoms with Gasteiger partial charge in [0.25, 0.3) is 0 Å². The number of hydrogen-bond donors (Lipinski definition) is 0. The van der Waals surface area contributed by atoms with Crippen molar-refractivity contribution in [2.24, 2.45) is 5.92 Å². The molecule has 1 aromatic heterocycles. The summed E-state index contributed by atoms with van der Waals surface area (Å²) in [5.41, 5.74) is 0. The third kappa shape index (κ3) is 3.62. The van der Waals surface area contributed by atoms with Crippen LogP contribution in [0.25, 0.3) is 0 Å². The monoisotopic (exact) mass is 402 g/mol. The third-order valence-electron chi connectivity index (χ3n) is 2.28. The van der Waals surface area contributed by atoms with E-state index in [1.54, 1.807) is 11.3 Å². The first-order valence-electron chi connectivity index (χ1n) is 4.63. The van der Waals surface area contributed by atoms with Crippen molar-refractivity contribution in [2.75, 3.05) is 0 Å². The van der Waals surface area contributed by atoms with Gasteiger partial charge in [-0.25, -0.2) is 0 Å². The van der Waals surface area contributed by atoms with E-state index in [2.05, 4.69) is 67.7 Å². The molecule has 1 aromatic rings. The summed E-state index contributed by atoms with van der Waals surface area (Å²) in [6.07, 6.45) is 2.45. The SMILES string of the molecule is CCC(C)CC(Br)c1cc(Br)c(Br)s1. The molecule has 2 atom stereocenters. The van der Waals surface area contributed by atoms with Gasteiger partial charge in [-0.3, -0.25) is 0 Å². The molecule has 1 heterocycles. The zero-order valence-corrected chi connectivity index (χ0v) is 13.8. The van der Waals surface area contributed by atoms with Gasteiger partial charge in [0.1, 0.15) is 0 Å². The Labute approximate surface area is 115 Å². The molecule has 0 N–H and O–H groups in total. The summed E-state index contributed by atoms with van der Waals surface area (Å²) in [4.78, 5) is 1.88. The number of halogens is 3. The second kappa shape index (κ2) is 6.02. The summed E-state index contributed by atoms with van der Waals surface area (Å²) < 4.78 is 2.34. The maximum Gasteiger partial charge on any atom is 0.0843 e. The molecular weight excluding hydrogens is 392 g/mol. The maximum atomic E-state index is 3.74. The van der Waals surface area contributed by atoms with E-state index in [-0.39, 0.29) is 0 Å². The first kappa shape index (κ1) is 13.2. The van der Waals surface area contributed by atoms with Crippen molar-refractivity contribution in [2.45, 2.75) is 31.5 Å². The maximum absolute atomic E-state index is 3.74. The Bertz CT molecular complexity index is 276. The highest BCUT2D eigenvalue weighted by molar-refractivity contribution is 9.13. The highest BCUT2D eigenvalue weighted by Crippen LogP contribution is 2.41. The predicted molar refractivity (Wildman–Crippen MR) is 75.5 cm³/mol.